The molecule has 11 nitrogen and oxygen atoms in total. The summed E-state index contributed by atoms with van der Waals surface area (Å²) in [5.74, 6) is -0.805. The molecule has 3 rings (SSSR count). The number of likely N-dealkylation sites (tertiary alicyclic amines) is 1. The van der Waals surface area contributed by atoms with Gasteiger partial charge in [0.15, 0.2) is 5.72 Å². The van der Waals surface area contributed by atoms with E-state index in [4.69, 9.17) is 26.1 Å². The first kappa shape index (κ1) is 34.4. The highest BCUT2D eigenvalue weighted by Crippen LogP contribution is 2.42. The van der Waals surface area contributed by atoms with Gasteiger partial charge in [-0.15, -0.1) is 0 Å². The molecule has 1 fully saturated rings. The first-order valence-electron chi connectivity index (χ1n) is 14.0. The van der Waals surface area contributed by atoms with Gasteiger partial charge in [-0.3, -0.25) is 19.4 Å². The molecule has 0 spiro atoms. The Balaban J connectivity index is 1.56. The maximum Gasteiger partial charge on any atom is 0.524 e. The van der Waals surface area contributed by atoms with Crippen molar-refractivity contribution in [1.82, 2.24) is 15.5 Å². The van der Waals surface area contributed by atoms with E-state index in [0.717, 1.165) is 6.42 Å². The van der Waals surface area contributed by atoms with Crippen molar-refractivity contribution in [3.63, 3.8) is 0 Å². The number of benzene rings is 2. The zero-order valence-electron chi connectivity index (χ0n) is 25.3. The molecule has 2 unspecified atom stereocenters. The van der Waals surface area contributed by atoms with E-state index < -0.39 is 31.6 Å². The van der Waals surface area contributed by atoms with Gasteiger partial charge >= 0.3 is 19.8 Å². The van der Waals surface area contributed by atoms with E-state index in [1.807, 2.05) is 38.1 Å². The number of ether oxygens (including phenoxy) is 1. The van der Waals surface area contributed by atoms with E-state index in [0.29, 0.717) is 23.7 Å². The fraction of sp³-hybridized carbons (Fsp3) is 0.500. The highest BCUT2D eigenvalue weighted by atomic mass is 35.5. The summed E-state index contributed by atoms with van der Waals surface area (Å²) in [6, 6.07) is 12.0. The number of phosphoric ester groups is 1. The van der Waals surface area contributed by atoms with Crippen LogP contribution in [0.4, 0.5) is 4.79 Å². The van der Waals surface area contributed by atoms with E-state index in [-0.39, 0.29) is 35.3 Å². The van der Waals surface area contributed by atoms with Crippen LogP contribution in [0.25, 0.3) is 0 Å². The lowest BCUT2D eigenvalue weighted by Crippen LogP contribution is -2.59. The van der Waals surface area contributed by atoms with E-state index >= 15 is 0 Å². The Morgan fingerprint density at radius 3 is 2.23 bits per heavy atom. The van der Waals surface area contributed by atoms with Crippen molar-refractivity contribution in [2.75, 3.05) is 13.1 Å². The van der Waals surface area contributed by atoms with Gasteiger partial charge in [0, 0.05) is 18.1 Å². The fourth-order valence-corrected chi connectivity index (χ4v) is 5.86. The Bertz CT molecular complexity index is 1340. The monoisotopic (exact) mass is 637 g/mol. The molecule has 43 heavy (non-hydrogen) atoms. The maximum absolute atomic E-state index is 13.6. The van der Waals surface area contributed by atoms with Crippen LogP contribution in [-0.2, 0) is 25.3 Å². The third kappa shape index (κ3) is 10.2. The summed E-state index contributed by atoms with van der Waals surface area (Å²) >= 11 is 6.07. The number of rotatable bonds is 10. The van der Waals surface area contributed by atoms with Crippen molar-refractivity contribution < 1.29 is 38.0 Å². The van der Waals surface area contributed by atoms with Crippen LogP contribution in [0.3, 0.4) is 0 Å². The number of esters is 1. The van der Waals surface area contributed by atoms with Crippen LogP contribution in [-0.4, -0.2) is 57.5 Å². The third-order valence-corrected chi connectivity index (χ3v) is 8.01. The second-order valence-electron chi connectivity index (χ2n) is 12.3. The molecular formula is C30H41ClN3O8P. The molecule has 2 aromatic rings. The minimum atomic E-state index is -4.69. The highest BCUT2D eigenvalue weighted by molar-refractivity contribution is 7.46. The highest BCUT2D eigenvalue weighted by Gasteiger charge is 2.41. The topological polar surface area (TPSA) is 155 Å². The van der Waals surface area contributed by atoms with E-state index in [2.05, 4.69) is 29.0 Å². The molecule has 1 saturated heterocycles. The maximum atomic E-state index is 13.6. The number of amides is 3. The molecule has 2 aromatic carbocycles. The Kier molecular flexibility index (Phi) is 10.9. The quantitative estimate of drug-likeness (QED) is 0.161. The van der Waals surface area contributed by atoms with Crippen LogP contribution < -0.4 is 15.2 Å². The van der Waals surface area contributed by atoms with Gasteiger partial charge < -0.3 is 24.8 Å². The van der Waals surface area contributed by atoms with Crippen molar-refractivity contribution in [2.24, 2.45) is 11.3 Å². The Labute approximate surface area is 257 Å². The second kappa shape index (κ2) is 13.7. The lowest BCUT2D eigenvalue weighted by molar-refractivity contribution is -0.157. The summed E-state index contributed by atoms with van der Waals surface area (Å²) in [6.45, 7) is 12.1. The largest absolute Gasteiger partial charge is 0.524 e. The first-order chi connectivity index (χ1) is 19.8. The summed E-state index contributed by atoms with van der Waals surface area (Å²) in [4.78, 5) is 58.7. The van der Waals surface area contributed by atoms with E-state index in [9.17, 15) is 18.9 Å². The van der Waals surface area contributed by atoms with Crippen LogP contribution >= 0.6 is 19.4 Å². The molecular weight excluding hydrogens is 597 g/mol. The third-order valence-electron chi connectivity index (χ3n) is 7.31. The van der Waals surface area contributed by atoms with Crippen molar-refractivity contribution in [1.29, 1.82) is 0 Å². The van der Waals surface area contributed by atoms with Gasteiger partial charge in [0.2, 0.25) is 5.91 Å². The van der Waals surface area contributed by atoms with Crippen LogP contribution in [0.1, 0.15) is 65.0 Å². The van der Waals surface area contributed by atoms with Crippen LogP contribution in [0, 0.1) is 11.3 Å². The second-order valence-corrected chi connectivity index (χ2v) is 13.9. The molecule has 1 aliphatic rings. The van der Waals surface area contributed by atoms with Crippen molar-refractivity contribution in [2.45, 2.75) is 72.1 Å². The lowest BCUT2D eigenvalue weighted by atomic mass is 9.70. The normalized spacial score (nSPS) is 17.6. The molecule has 1 aliphatic heterocycles. The zero-order valence-corrected chi connectivity index (χ0v) is 26.9. The minimum Gasteiger partial charge on any atom is -0.439 e. The number of hydrogen-bond acceptors (Lipinski definition) is 6. The van der Waals surface area contributed by atoms with Gasteiger partial charge in [0.1, 0.15) is 11.8 Å². The standard InChI is InChI=1S/C30H41ClN3O8P/c1-19(2)26(27(36)34-16-15-24(29(3,4)18-34)21-9-11-22(31)12-10-21)32-28(37)33-30(5,6)41-25(35)17-20-7-13-23(14-8-20)42-43(38,39)40/h7-14,19,24,26H,15-18H2,1-6H3,(H2,32,33,37)(H2,38,39,40). The molecule has 0 saturated carbocycles. The number of piperidine rings is 1. The summed E-state index contributed by atoms with van der Waals surface area (Å²) in [7, 11) is -4.69. The average Bonchev–Trinajstić information content (AvgIpc) is 2.86. The molecule has 1 heterocycles. The number of nitrogens with one attached hydrogen (secondary N) is 2. The molecule has 3 amide bonds. The van der Waals surface area contributed by atoms with E-state index in [1.165, 1.54) is 43.7 Å². The SMILES string of the molecule is CC(C)C(NC(=O)NC(C)(C)OC(=O)Cc1ccc(OP(=O)(O)O)cc1)C(=O)N1CCC(c2ccc(Cl)cc2)C(C)(C)C1. The van der Waals surface area contributed by atoms with Crippen LogP contribution in [0.5, 0.6) is 5.75 Å². The minimum absolute atomic E-state index is 0.0483. The van der Waals surface area contributed by atoms with Gasteiger partial charge in [-0.05, 0) is 72.9 Å². The molecule has 0 radical (unpaired) electrons. The number of halogens is 1. The Hall–Kier alpha value is -3.11. The number of carbonyl (C=O) groups excluding carboxylic acids is 3. The molecule has 4 N–H and O–H groups in total. The number of urea groups is 1. The zero-order chi connectivity index (χ0) is 32.2. The predicted octanol–water partition coefficient (Wildman–Crippen LogP) is 5.00. The van der Waals surface area contributed by atoms with Gasteiger partial charge in [-0.2, -0.15) is 0 Å². The molecule has 13 heteroatoms. The summed E-state index contributed by atoms with van der Waals surface area (Å²) in [6.07, 6.45) is 0.623. The van der Waals surface area contributed by atoms with Gasteiger partial charge in [-0.25, -0.2) is 9.36 Å². The van der Waals surface area contributed by atoms with Crippen molar-refractivity contribution in [3.8, 4) is 5.75 Å². The molecule has 0 bridgehead atoms. The number of nitrogens with zero attached hydrogens (tertiary/aromatic N) is 1. The van der Waals surface area contributed by atoms with Gasteiger partial charge in [0.05, 0.1) is 6.42 Å². The molecule has 0 aliphatic carbocycles. The molecule has 236 valence electrons. The summed E-state index contributed by atoms with van der Waals surface area (Å²) in [5, 5.41) is 6.07. The van der Waals surface area contributed by atoms with Gasteiger partial charge in [0.25, 0.3) is 0 Å². The number of phosphoric acid groups is 1. The van der Waals surface area contributed by atoms with Crippen LogP contribution in [0.2, 0.25) is 5.02 Å². The molecule has 2 atom stereocenters. The summed E-state index contributed by atoms with van der Waals surface area (Å²) in [5.41, 5.74) is 0.0988. The van der Waals surface area contributed by atoms with Crippen molar-refractivity contribution >= 4 is 37.3 Å². The van der Waals surface area contributed by atoms with E-state index in [1.54, 1.807) is 4.90 Å². The Morgan fingerprint density at radius 1 is 1.09 bits per heavy atom. The average molecular weight is 638 g/mol. The fourth-order valence-electron chi connectivity index (χ4n) is 5.34. The predicted molar refractivity (Wildman–Crippen MR) is 162 cm³/mol. The number of hydrogen-bond donors (Lipinski definition) is 4. The Morgan fingerprint density at radius 2 is 1.70 bits per heavy atom. The summed E-state index contributed by atoms with van der Waals surface area (Å²) < 4.78 is 20.9. The van der Waals surface area contributed by atoms with Crippen LogP contribution in [0.15, 0.2) is 48.5 Å². The lowest BCUT2D eigenvalue weighted by Gasteiger charge is -2.45. The first-order valence-corrected chi connectivity index (χ1v) is 15.9. The molecule has 0 aromatic heterocycles. The van der Waals surface area contributed by atoms with Crippen molar-refractivity contribution in [3.05, 3.63) is 64.7 Å². The number of carbonyl (C=O) groups is 3. The smallest absolute Gasteiger partial charge is 0.439 e. The van der Waals surface area contributed by atoms with Gasteiger partial charge in [-0.1, -0.05) is 63.6 Å².